The molecule has 100 valence electrons. The van der Waals surface area contributed by atoms with Crippen molar-refractivity contribution in [1.82, 2.24) is 0 Å². The Balaban J connectivity index is -0.000000315. The van der Waals surface area contributed by atoms with E-state index in [0.29, 0.717) is 0 Å². The molecule has 0 heterocycles. The van der Waals surface area contributed by atoms with E-state index in [-0.39, 0.29) is 105 Å². The Hall–Kier alpha value is 1.01. The molecule has 0 aliphatic carbocycles. The Morgan fingerprint density at radius 1 is 0.682 bits per heavy atom. The molecule has 0 saturated carbocycles. The van der Waals surface area contributed by atoms with E-state index in [2.05, 4.69) is 59.9 Å². The molecule has 0 atom stereocenters. The number of hydrogen-bond acceptors (Lipinski definition) is 1. The summed E-state index contributed by atoms with van der Waals surface area (Å²) in [5.74, 6) is 0. The van der Waals surface area contributed by atoms with Crippen LogP contribution in [0, 0.1) is 0 Å². The van der Waals surface area contributed by atoms with Gasteiger partial charge >= 0.3 is 88.7 Å². The number of rotatable bonds is 1. The average molecular weight is 340 g/mol. The fourth-order valence-electron chi connectivity index (χ4n) is 2.95. The first-order valence-electron chi connectivity index (χ1n) is 6.23. The number of hydrogen-bond donors (Lipinski definition) is 1. The van der Waals surface area contributed by atoms with Crippen molar-refractivity contribution in [1.29, 1.82) is 0 Å². The molecule has 0 amide bonds. The third kappa shape index (κ3) is 3.65. The van der Waals surface area contributed by atoms with Crippen LogP contribution in [0.4, 0.5) is 5.69 Å². The van der Waals surface area contributed by atoms with E-state index in [0.717, 1.165) is 0 Å². The fourth-order valence-corrected chi connectivity index (χ4v) is 2.95. The zero-order valence-corrected chi connectivity index (χ0v) is 20.4. The molecule has 0 bridgehead atoms. The van der Waals surface area contributed by atoms with Gasteiger partial charge in [0, 0.05) is 18.1 Å². The Labute approximate surface area is 207 Å². The minimum atomic E-state index is 0. The molecule has 0 aromatic heterocycles. The molecule has 0 saturated heterocycles. The molecule has 5 heteroatoms. The van der Waals surface area contributed by atoms with Crippen LogP contribution >= 0.6 is 12.4 Å². The van der Waals surface area contributed by atoms with Gasteiger partial charge in [0.25, 0.3) is 0 Å². The number of halogens is 1. The first kappa shape index (κ1) is 23.0. The van der Waals surface area contributed by atoms with Gasteiger partial charge in [-0.3, -0.25) is 0 Å². The summed E-state index contributed by atoms with van der Waals surface area (Å²) in [5, 5.41) is 11.3. The predicted octanol–water partition coefficient (Wildman–Crippen LogP) is -3.60. The molecule has 0 aliphatic heterocycles. The topological polar surface area (TPSA) is 12.0 Å². The number of anilines is 1. The predicted molar refractivity (Wildman–Crippen MR) is 90.3 cm³/mol. The minimum Gasteiger partial charge on any atom is -1.00 e. The van der Waals surface area contributed by atoms with Crippen LogP contribution in [-0.2, 0) is 0 Å². The van der Waals surface area contributed by atoms with E-state index in [1.54, 1.807) is 0 Å². The van der Waals surface area contributed by atoms with E-state index in [4.69, 9.17) is 0 Å². The first-order valence-corrected chi connectivity index (χ1v) is 6.23. The molecule has 0 spiro atoms. The van der Waals surface area contributed by atoms with Gasteiger partial charge < -0.3 is 9.60 Å². The SMILES string of the molecule is CNc1ccc2ccc3cccc4ccc1c2c34.Cl.[H-].[H-].[H-].[Na+].[Na+].[Na+]. The van der Waals surface area contributed by atoms with Crippen molar-refractivity contribution < 1.29 is 93.0 Å². The normalized spacial score (nSPS) is 9.50. The van der Waals surface area contributed by atoms with Crippen LogP contribution in [0.2, 0.25) is 0 Å². The van der Waals surface area contributed by atoms with Gasteiger partial charge in [-0.15, -0.1) is 12.4 Å². The summed E-state index contributed by atoms with van der Waals surface area (Å²) in [4.78, 5) is 0. The molecule has 4 aromatic carbocycles. The van der Waals surface area contributed by atoms with Gasteiger partial charge in [0.1, 0.15) is 0 Å². The average Bonchev–Trinajstić information content (AvgIpc) is 2.44. The summed E-state index contributed by atoms with van der Waals surface area (Å²) in [6.45, 7) is 0. The van der Waals surface area contributed by atoms with Crippen molar-refractivity contribution >= 4 is 50.4 Å². The Morgan fingerprint density at radius 2 is 1.18 bits per heavy atom. The maximum atomic E-state index is 3.28. The fraction of sp³-hybridized carbons (Fsp3) is 0.0588. The van der Waals surface area contributed by atoms with Gasteiger partial charge in [-0.25, -0.2) is 0 Å². The molecule has 0 radical (unpaired) electrons. The molecule has 22 heavy (non-hydrogen) atoms. The second-order valence-corrected chi connectivity index (χ2v) is 4.72. The Morgan fingerprint density at radius 3 is 1.77 bits per heavy atom. The molecule has 1 N–H and O–H groups in total. The summed E-state index contributed by atoms with van der Waals surface area (Å²) >= 11 is 0. The van der Waals surface area contributed by atoms with E-state index < -0.39 is 0 Å². The zero-order chi connectivity index (χ0) is 12.1. The summed E-state index contributed by atoms with van der Waals surface area (Å²) in [6, 6.07) is 19.7. The summed E-state index contributed by atoms with van der Waals surface area (Å²) < 4.78 is 0. The third-order valence-corrected chi connectivity index (χ3v) is 3.80. The van der Waals surface area contributed by atoms with Gasteiger partial charge in [0.05, 0.1) is 0 Å². The van der Waals surface area contributed by atoms with E-state index in [1.165, 1.54) is 38.0 Å². The molecule has 4 rings (SSSR count). The van der Waals surface area contributed by atoms with Gasteiger partial charge in [-0.2, -0.15) is 0 Å². The van der Waals surface area contributed by atoms with Crippen molar-refractivity contribution in [3.63, 3.8) is 0 Å². The number of nitrogens with one attached hydrogen (secondary N) is 1. The van der Waals surface area contributed by atoms with Crippen molar-refractivity contribution in [2.45, 2.75) is 0 Å². The molecule has 0 unspecified atom stereocenters. The molecular formula is C17H17ClNNa3. The molecule has 1 nitrogen and oxygen atoms in total. The van der Waals surface area contributed by atoms with Crippen molar-refractivity contribution in [3.8, 4) is 0 Å². The van der Waals surface area contributed by atoms with Crippen LogP contribution in [0.5, 0.6) is 0 Å². The van der Waals surface area contributed by atoms with Crippen molar-refractivity contribution in [2.24, 2.45) is 0 Å². The summed E-state index contributed by atoms with van der Waals surface area (Å²) in [6.07, 6.45) is 0. The smallest absolute Gasteiger partial charge is 1.00 e. The van der Waals surface area contributed by atoms with Crippen LogP contribution in [0.25, 0.3) is 32.3 Å². The zero-order valence-electron chi connectivity index (χ0n) is 16.6. The molecular weight excluding hydrogens is 323 g/mol. The van der Waals surface area contributed by atoms with Crippen molar-refractivity contribution in [2.75, 3.05) is 12.4 Å². The van der Waals surface area contributed by atoms with Gasteiger partial charge in [-0.1, -0.05) is 48.5 Å². The third-order valence-electron chi connectivity index (χ3n) is 3.80. The largest absolute Gasteiger partial charge is 1.00 e. The van der Waals surface area contributed by atoms with Gasteiger partial charge in [0.15, 0.2) is 0 Å². The molecule has 0 aliphatic rings. The van der Waals surface area contributed by atoms with Crippen LogP contribution in [0.15, 0.2) is 54.6 Å². The van der Waals surface area contributed by atoms with Crippen LogP contribution in [0.3, 0.4) is 0 Å². The van der Waals surface area contributed by atoms with Crippen LogP contribution in [-0.4, -0.2) is 7.05 Å². The van der Waals surface area contributed by atoms with Gasteiger partial charge in [0.2, 0.25) is 0 Å². The number of benzene rings is 4. The maximum Gasteiger partial charge on any atom is 1.00 e. The van der Waals surface area contributed by atoms with E-state index in [1.807, 2.05) is 7.05 Å². The summed E-state index contributed by atoms with van der Waals surface area (Å²) in [5.41, 5.74) is 1.20. The second-order valence-electron chi connectivity index (χ2n) is 4.72. The molecule has 4 aromatic rings. The summed E-state index contributed by atoms with van der Waals surface area (Å²) in [7, 11) is 1.98. The Bertz CT molecular complexity index is 877. The van der Waals surface area contributed by atoms with Gasteiger partial charge in [-0.05, 0) is 33.0 Å². The quantitative estimate of drug-likeness (QED) is 0.279. The second kappa shape index (κ2) is 9.48. The molecule has 0 fully saturated rings. The maximum absolute atomic E-state index is 3.28. The monoisotopic (exact) mass is 339 g/mol. The van der Waals surface area contributed by atoms with Crippen LogP contribution < -0.4 is 94.0 Å². The van der Waals surface area contributed by atoms with E-state index in [9.17, 15) is 0 Å². The van der Waals surface area contributed by atoms with Crippen molar-refractivity contribution in [3.05, 3.63) is 54.6 Å². The van der Waals surface area contributed by atoms with Crippen LogP contribution in [0.1, 0.15) is 4.28 Å². The van der Waals surface area contributed by atoms with E-state index >= 15 is 0 Å². The Kier molecular flexibility index (Phi) is 9.92. The standard InChI is InChI=1S/C17H13N.ClH.3Na.3H/c1-18-15-10-8-13-6-5-11-3-2-4-12-7-9-14(15)17(13)16(11)12;;;;;;;/h2-10,18H,1H3;1H;;;;;;/q;;3*+1;3*-1. The minimum absolute atomic E-state index is 0. The first-order chi connectivity index (χ1) is 8.88.